The van der Waals surface area contributed by atoms with E-state index in [4.69, 9.17) is 4.74 Å². The van der Waals surface area contributed by atoms with Crippen LogP contribution in [-0.2, 0) is 17.9 Å². The second kappa shape index (κ2) is 7.04. The summed E-state index contributed by atoms with van der Waals surface area (Å²) in [6.45, 7) is 1.84. The van der Waals surface area contributed by atoms with E-state index in [1.165, 1.54) is 6.33 Å². The summed E-state index contributed by atoms with van der Waals surface area (Å²) >= 11 is 0. The number of benzene rings is 1. The maximum Gasteiger partial charge on any atom is 0.291 e. The van der Waals surface area contributed by atoms with Gasteiger partial charge in [-0.1, -0.05) is 30.3 Å². The third-order valence-electron chi connectivity index (χ3n) is 5.03. The summed E-state index contributed by atoms with van der Waals surface area (Å²) in [5.41, 5.74) is 1.06. The molecule has 0 fully saturated rings. The van der Waals surface area contributed by atoms with E-state index in [1.807, 2.05) is 30.3 Å². The largest absolute Gasteiger partial charge is 0.486 e. The number of carbonyl (C=O) groups is 2. The third-order valence-corrected chi connectivity index (χ3v) is 5.03. The Kier molecular flexibility index (Phi) is 4.23. The Morgan fingerprint density at radius 1 is 1.24 bits per heavy atom. The van der Waals surface area contributed by atoms with Crippen LogP contribution in [0.5, 0.6) is 5.75 Å². The summed E-state index contributed by atoms with van der Waals surface area (Å²) in [7, 11) is 0. The lowest BCUT2D eigenvalue weighted by atomic mass is 10.1. The summed E-state index contributed by atoms with van der Waals surface area (Å²) in [5.74, 6) is 0.647. The molecule has 2 aromatic heterocycles. The van der Waals surface area contributed by atoms with Gasteiger partial charge in [-0.3, -0.25) is 14.5 Å². The number of nitrogens with one attached hydrogen (secondary N) is 1. The number of anilines is 1. The molecule has 1 atom stereocenters. The molecule has 0 aliphatic carbocycles. The van der Waals surface area contributed by atoms with Crippen molar-refractivity contribution in [2.24, 2.45) is 0 Å². The number of hydrogen-bond donors (Lipinski definition) is 1. The molecular weight excluding hydrogens is 374 g/mol. The van der Waals surface area contributed by atoms with Gasteiger partial charge in [0, 0.05) is 6.54 Å². The second-order valence-corrected chi connectivity index (χ2v) is 6.96. The van der Waals surface area contributed by atoms with Crippen LogP contribution in [0.1, 0.15) is 22.6 Å². The highest BCUT2D eigenvalue weighted by atomic mass is 16.5. The van der Waals surface area contributed by atoms with Crippen molar-refractivity contribution in [1.82, 2.24) is 29.9 Å². The average Bonchev–Trinajstić information content (AvgIpc) is 3.35. The van der Waals surface area contributed by atoms with Gasteiger partial charge in [-0.15, -0.1) is 5.10 Å². The summed E-state index contributed by atoms with van der Waals surface area (Å²) in [6, 6.07) is 9.11. The first kappa shape index (κ1) is 17.4. The van der Waals surface area contributed by atoms with Crippen LogP contribution in [0.15, 0.2) is 42.9 Å². The summed E-state index contributed by atoms with van der Waals surface area (Å²) in [6.07, 6.45) is 3.57. The van der Waals surface area contributed by atoms with Crippen molar-refractivity contribution in [3.05, 3.63) is 54.2 Å². The minimum atomic E-state index is -0.670. The zero-order valence-corrected chi connectivity index (χ0v) is 15.6. The minimum absolute atomic E-state index is 0.0402. The van der Waals surface area contributed by atoms with Crippen LogP contribution in [0.4, 0.5) is 5.82 Å². The van der Waals surface area contributed by atoms with E-state index in [9.17, 15) is 9.59 Å². The zero-order chi connectivity index (χ0) is 19.8. The standard InChI is InChI=1S/C19H19N7O3/c27-17(16-20-12-24(23-16)11-13-4-2-1-3-5-13)22-14-6-7-26-18-15(10-21-26)29-9-8-25(18)19(14)28/h1-5,10,12,14H,6-9,11H2,(H,22,27). The smallest absolute Gasteiger partial charge is 0.291 e. The first-order chi connectivity index (χ1) is 14.2. The quantitative estimate of drug-likeness (QED) is 0.690. The normalized spacial score (nSPS) is 18.0. The fourth-order valence-electron chi connectivity index (χ4n) is 3.63. The minimum Gasteiger partial charge on any atom is -0.486 e. The van der Waals surface area contributed by atoms with Gasteiger partial charge in [0.15, 0.2) is 11.6 Å². The van der Waals surface area contributed by atoms with Gasteiger partial charge in [0.1, 0.15) is 19.0 Å². The highest BCUT2D eigenvalue weighted by molar-refractivity contribution is 6.02. The fourth-order valence-corrected chi connectivity index (χ4v) is 3.63. The predicted molar refractivity (Wildman–Crippen MR) is 102 cm³/mol. The number of hydrogen-bond acceptors (Lipinski definition) is 6. The molecule has 1 unspecified atom stereocenters. The average molecular weight is 393 g/mol. The Hall–Kier alpha value is -3.69. The van der Waals surface area contributed by atoms with Crippen LogP contribution in [0, 0.1) is 0 Å². The third kappa shape index (κ3) is 3.22. The van der Waals surface area contributed by atoms with Gasteiger partial charge in [-0.05, 0) is 12.0 Å². The van der Waals surface area contributed by atoms with Crippen molar-refractivity contribution in [2.75, 3.05) is 18.1 Å². The summed E-state index contributed by atoms with van der Waals surface area (Å²) in [5, 5.41) is 11.3. The molecule has 0 bridgehead atoms. The van der Waals surface area contributed by atoms with Gasteiger partial charge < -0.3 is 10.1 Å². The molecule has 10 heteroatoms. The Morgan fingerprint density at radius 3 is 2.97 bits per heavy atom. The van der Waals surface area contributed by atoms with Crippen molar-refractivity contribution < 1.29 is 14.3 Å². The molecular formula is C19H19N7O3. The van der Waals surface area contributed by atoms with Crippen LogP contribution < -0.4 is 15.0 Å². The molecule has 148 valence electrons. The van der Waals surface area contributed by atoms with E-state index in [0.717, 1.165) is 5.56 Å². The highest BCUT2D eigenvalue weighted by Gasteiger charge is 2.36. The molecule has 2 amide bonds. The lowest BCUT2D eigenvalue weighted by Crippen LogP contribution is -2.50. The molecule has 0 saturated carbocycles. The molecule has 0 saturated heterocycles. The van der Waals surface area contributed by atoms with Gasteiger partial charge in [-0.25, -0.2) is 14.3 Å². The number of ether oxygens (including phenoxy) is 1. The fraction of sp³-hybridized carbons (Fsp3) is 0.316. The highest BCUT2D eigenvalue weighted by Crippen LogP contribution is 2.33. The molecule has 0 radical (unpaired) electrons. The zero-order valence-electron chi connectivity index (χ0n) is 15.6. The number of nitrogens with zero attached hydrogens (tertiary/aromatic N) is 6. The molecule has 4 heterocycles. The van der Waals surface area contributed by atoms with E-state index in [1.54, 1.807) is 20.5 Å². The number of rotatable bonds is 4. The van der Waals surface area contributed by atoms with Crippen molar-refractivity contribution in [1.29, 1.82) is 0 Å². The van der Waals surface area contributed by atoms with Gasteiger partial charge in [-0.2, -0.15) is 5.10 Å². The van der Waals surface area contributed by atoms with Crippen LogP contribution in [0.3, 0.4) is 0 Å². The Balaban J connectivity index is 1.29. The van der Waals surface area contributed by atoms with Crippen molar-refractivity contribution in [3.8, 4) is 5.75 Å². The topological polar surface area (TPSA) is 107 Å². The molecule has 5 rings (SSSR count). The van der Waals surface area contributed by atoms with Crippen LogP contribution >= 0.6 is 0 Å². The maximum absolute atomic E-state index is 13.0. The first-order valence-corrected chi connectivity index (χ1v) is 9.43. The molecule has 10 nitrogen and oxygen atoms in total. The maximum atomic E-state index is 13.0. The number of aryl methyl sites for hydroxylation is 1. The first-order valence-electron chi connectivity index (χ1n) is 9.43. The lowest BCUT2D eigenvalue weighted by molar-refractivity contribution is -0.120. The Labute approximate surface area is 166 Å². The van der Waals surface area contributed by atoms with E-state index >= 15 is 0 Å². The van der Waals surface area contributed by atoms with E-state index in [0.29, 0.717) is 44.2 Å². The SMILES string of the molecule is O=C(NC1CCn2ncc3c2N(CCO3)C1=O)c1ncn(Cc2ccccc2)n1. The molecule has 3 aromatic rings. The lowest BCUT2D eigenvalue weighted by Gasteiger charge is -2.28. The molecule has 2 aliphatic rings. The number of amides is 2. The van der Waals surface area contributed by atoms with Crippen LogP contribution in [0.25, 0.3) is 0 Å². The van der Waals surface area contributed by atoms with Gasteiger partial charge in [0.2, 0.25) is 5.82 Å². The van der Waals surface area contributed by atoms with E-state index in [-0.39, 0.29) is 11.7 Å². The van der Waals surface area contributed by atoms with E-state index in [2.05, 4.69) is 20.5 Å². The van der Waals surface area contributed by atoms with Crippen LogP contribution in [-0.4, -0.2) is 55.6 Å². The molecule has 1 N–H and O–H groups in total. The van der Waals surface area contributed by atoms with Gasteiger partial charge in [0.05, 0.1) is 19.3 Å². The number of carbonyl (C=O) groups excluding carboxylic acids is 2. The van der Waals surface area contributed by atoms with Gasteiger partial charge in [0.25, 0.3) is 11.8 Å². The number of aromatic nitrogens is 5. The van der Waals surface area contributed by atoms with Crippen LogP contribution in [0.2, 0.25) is 0 Å². The Bertz CT molecular complexity index is 1060. The monoisotopic (exact) mass is 393 g/mol. The summed E-state index contributed by atoms with van der Waals surface area (Å²) in [4.78, 5) is 31.4. The predicted octanol–water partition coefficient (Wildman–Crippen LogP) is 0.451. The molecule has 2 aliphatic heterocycles. The van der Waals surface area contributed by atoms with Crippen molar-refractivity contribution in [3.63, 3.8) is 0 Å². The van der Waals surface area contributed by atoms with Gasteiger partial charge >= 0.3 is 0 Å². The molecule has 0 spiro atoms. The van der Waals surface area contributed by atoms with E-state index < -0.39 is 11.9 Å². The second-order valence-electron chi connectivity index (χ2n) is 6.96. The van der Waals surface area contributed by atoms with Crippen molar-refractivity contribution in [2.45, 2.75) is 25.6 Å². The molecule has 29 heavy (non-hydrogen) atoms. The van der Waals surface area contributed by atoms with Crippen molar-refractivity contribution >= 4 is 17.6 Å². The summed E-state index contributed by atoms with van der Waals surface area (Å²) < 4.78 is 8.91. The Morgan fingerprint density at radius 2 is 2.10 bits per heavy atom. The molecule has 1 aromatic carbocycles.